The number of nitrogens with zero attached hydrogens (tertiary/aromatic N) is 2. The monoisotopic (exact) mass is 256 g/mol. The zero-order chi connectivity index (χ0) is 14.2. The molecule has 0 bridgehead atoms. The van der Waals surface area contributed by atoms with Crippen LogP contribution in [0.15, 0.2) is 84.0 Å². The Labute approximate surface area is 118 Å². The molecule has 0 aromatic heterocycles. The van der Waals surface area contributed by atoms with Crippen molar-refractivity contribution in [3.05, 3.63) is 89.6 Å². The SMILES string of the molecule is N#CC(C#N)=C(C=C1C=CC=CC=C1)c1ccccc1. The smallest absolute Gasteiger partial charge is 0.137 e. The van der Waals surface area contributed by atoms with Gasteiger partial charge in [0.1, 0.15) is 17.7 Å². The van der Waals surface area contributed by atoms with Crippen LogP contribution < -0.4 is 0 Å². The van der Waals surface area contributed by atoms with Crippen molar-refractivity contribution in [3.8, 4) is 12.1 Å². The second-order valence-electron chi connectivity index (χ2n) is 4.13. The molecule has 0 radical (unpaired) electrons. The highest BCUT2D eigenvalue weighted by Gasteiger charge is 2.07. The van der Waals surface area contributed by atoms with E-state index < -0.39 is 0 Å². The maximum atomic E-state index is 9.13. The lowest BCUT2D eigenvalue weighted by Crippen LogP contribution is -1.87. The zero-order valence-electron chi connectivity index (χ0n) is 10.8. The van der Waals surface area contributed by atoms with E-state index in [1.54, 1.807) is 0 Å². The third kappa shape index (κ3) is 3.22. The molecular weight excluding hydrogens is 244 g/mol. The first-order chi connectivity index (χ1) is 9.85. The summed E-state index contributed by atoms with van der Waals surface area (Å²) in [5, 5.41) is 18.3. The fourth-order valence-electron chi connectivity index (χ4n) is 1.84. The van der Waals surface area contributed by atoms with Gasteiger partial charge in [0.15, 0.2) is 0 Å². The molecule has 1 aromatic rings. The van der Waals surface area contributed by atoms with E-state index in [-0.39, 0.29) is 5.57 Å². The van der Waals surface area contributed by atoms with Gasteiger partial charge in [-0.15, -0.1) is 0 Å². The summed E-state index contributed by atoms with van der Waals surface area (Å²) in [4.78, 5) is 0. The minimum absolute atomic E-state index is 0.114. The molecule has 0 spiro atoms. The van der Waals surface area contributed by atoms with Gasteiger partial charge in [0.25, 0.3) is 0 Å². The summed E-state index contributed by atoms with van der Waals surface area (Å²) in [7, 11) is 0. The van der Waals surface area contributed by atoms with Crippen LogP contribution in [0.25, 0.3) is 5.57 Å². The van der Waals surface area contributed by atoms with E-state index in [1.807, 2.05) is 85.0 Å². The lowest BCUT2D eigenvalue weighted by atomic mass is 9.98. The molecule has 0 N–H and O–H groups in total. The largest absolute Gasteiger partial charge is 0.192 e. The molecule has 94 valence electrons. The predicted octanol–water partition coefficient (Wildman–Crippen LogP) is 4.10. The molecule has 1 aliphatic carbocycles. The topological polar surface area (TPSA) is 47.6 Å². The Morgan fingerprint density at radius 3 is 2.00 bits per heavy atom. The summed E-state index contributed by atoms with van der Waals surface area (Å²) in [6.45, 7) is 0. The minimum Gasteiger partial charge on any atom is -0.192 e. The van der Waals surface area contributed by atoms with Crippen LogP contribution in [0.1, 0.15) is 5.56 Å². The fourth-order valence-corrected chi connectivity index (χ4v) is 1.84. The summed E-state index contributed by atoms with van der Waals surface area (Å²) >= 11 is 0. The third-order valence-electron chi connectivity index (χ3n) is 2.80. The average Bonchev–Trinajstić information content (AvgIpc) is 2.77. The number of benzene rings is 1. The van der Waals surface area contributed by atoms with Crippen LogP contribution in [0.4, 0.5) is 0 Å². The van der Waals surface area contributed by atoms with Crippen molar-refractivity contribution in [1.82, 2.24) is 0 Å². The predicted molar refractivity (Wildman–Crippen MR) is 80.1 cm³/mol. The molecule has 2 heteroatoms. The molecule has 20 heavy (non-hydrogen) atoms. The summed E-state index contributed by atoms with van der Waals surface area (Å²) in [5.41, 5.74) is 2.55. The van der Waals surface area contributed by atoms with E-state index in [0.29, 0.717) is 5.57 Å². The Morgan fingerprint density at radius 1 is 0.850 bits per heavy atom. The molecule has 1 aliphatic rings. The molecule has 1 aromatic carbocycles. The number of rotatable bonds is 2. The normalized spacial score (nSPS) is 12.2. The number of hydrogen-bond donors (Lipinski definition) is 0. The number of hydrogen-bond acceptors (Lipinski definition) is 2. The van der Waals surface area contributed by atoms with Crippen molar-refractivity contribution in [2.75, 3.05) is 0 Å². The summed E-state index contributed by atoms with van der Waals surface area (Å²) in [5.74, 6) is 0. The highest BCUT2D eigenvalue weighted by atomic mass is 14.3. The van der Waals surface area contributed by atoms with E-state index in [1.165, 1.54) is 0 Å². The van der Waals surface area contributed by atoms with Crippen molar-refractivity contribution >= 4 is 5.57 Å². The molecular formula is C18H12N2. The fraction of sp³-hybridized carbons (Fsp3) is 0. The molecule has 0 amide bonds. The van der Waals surface area contributed by atoms with Crippen LogP contribution in [0.3, 0.4) is 0 Å². The van der Waals surface area contributed by atoms with Crippen LogP contribution in [0, 0.1) is 22.7 Å². The lowest BCUT2D eigenvalue weighted by Gasteiger charge is -2.04. The van der Waals surface area contributed by atoms with Gasteiger partial charge < -0.3 is 0 Å². The Bertz CT molecular complexity index is 681. The van der Waals surface area contributed by atoms with Crippen LogP contribution >= 0.6 is 0 Å². The van der Waals surface area contributed by atoms with Crippen molar-refractivity contribution in [3.63, 3.8) is 0 Å². The van der Waals surface area contributed by atoms with Gasteiger partial charge >= 0.3 is 0 Å². The molecule has 0 unspecified atom stereocenters. The van der Waals surface area contributed by atoms with Crippen LogP contribution in [-0.2, 0) is 0 Å². The van der Waals surface area contributed by atoms with Gasteiger partial charge in [-0.25, -0.2) is 0 Å². The second-order valence-corrected chi connectivity index (χ2v) is 4.13. The van der Waals surface area contributed by atoms with E-state index in [4.69, 9.17) is 10.5 Å². The van der Waals surface area contributed by atoms with Crippen molar-refractivity contribution < 1.29 is 0 Å². The average molecular weight is 256 g/mol. The summed E-state index contributed by atoms with van der Waals surface area (Å²) < 4.78 is 0. The van der Waals surface area contributed by atoms with E-state index in [2.05, 4.69) is 0 Å². The summed E-state index contributed by atoms with van der Waals surface area (Å²) in [6, 6.07) is 13.4. The van der Waals surface area contributed by atoms with Gasteiger partial charge in [-0.05, 0) is 17.2 Å². The van der Waals surface area contributed by atoms with Crippen LogP contribution in [0.5, 0.6) is 0 Å². The Kier molecular flexibility index (Phi) is 4.49. The lowest BCUT2D eigenvalue weighted by molar-refractivity contribution is 1.45. The van der Waals surface area contributed by atoms with Crippen molar-refractivity contribution in [2.45, 2.75) is 0 Å². The zero-order valence-corrected chi connectivity index (χ0v) is 10.8. The minimum atomic E-state index is 0.114. The second kappa shape index (κ2) is 6.73. The van der Waals surface area contributed by atoms with Crippen LogP contribution in [-0.4, -0.2) is 0 Å². The Morgan fingerprint density at radius 2 is 1.45 bits per heavy atom. The van der Waals surface area contributed by atoms with Gasteiger partial charge in [-0.3, -0.25) is 0 Å². The van der Waals surface area contributed by atoms with Gasteiger partial charge in [0, 0.05) is 5.57 Å². The molecule has 2 rings (SSSR count). The Balaban J connectivity index is 2.56. The standard InChI is InChI=1S/C18H12N2/c19-13-17(14-20)18(16-10-6-3-7-11-16)12-15-8-4-1-2-5-9-15/h1-12H. The molecule has 0 saturated heterocycles. The molecule has 0 atom stereocenters. The van der Waals surface area contributed by atoms with E-state index >= 15 is 0 Å². The van der Waals surface area contributed by atoms with Gasteiger partial charge in [0.05, 0.1) is 0 Å². The third-order valence-corrected chi connectivity index (χ3v) is 2.80. The molecule has 0 aliphatic heterocycles. The quantitative estimate of drug-likeness (QED) is 0.748. The molecule has 0 saturated carbocycles. The maximum Gasteiger partial charge on any atom is 0.137 e. The van der Waals surface area contributed by atoms with Gasteiger partial charge in [0.2, 0.25) is 0 Å². The van der Waals surface area contributed by atoms with Crippen molar-refractivity contribution in [2.24, 2.45) is 0 Å². The van der Waals surface area contributed by atoms with E-state index in [0.717, 1.165) is 11.1 Å². The maximum absolute atomic E-state index is 9.13. The molecule has 0 heterocycles. The highest BCUT2D eigenvalue weighted by Crippen LogP contribution is 2.22. The van der Waals surface area contributed by atoms with E-state index in [9.17, 15) is 0 Å². The first-order valence-electron chi connectivity index (χ1n) is 6.18. The number of nitriles is 2. The first-order valence-corrected chi connectivity index (χ1v) is 6.18. The van der Waals surface area contributed by atoms with Crippen molar-refractivity contribution in [1.29, 1.82) is 10.5 Å². The number of allylic oxidation sites excluding steroid dienone is 10. The first kappa shape index (κ1) is 13.3. The van der Waals surface area contributed by atoms with Crippen LogP contribution in [0.2, 0.25) is 0 Å². The Hall–Kier alpha value is -3.10. The molecule has 0 fully saturated rings. The summed E-state index contributed by atoms with van der Waals surface area (Å²) in [6.07, 6.45) is 13.4. The van der Waals surface area contributed by atoms with Gasteiger partial charge in [-0.2, -0.15) is 10.5 Å². The van der Waals surface area contributed by atoms with Gasteiger partial charge in [-0.1, -0.05) is 66.8 Å². The molecule has 2 nitrogen and oxygen atoms in total. The highest BCUT2D eigenvalue weighted by molar-refractivity contribution is 5.83.